The SMILES string of the molecule is [NH3+]CCCN(C(=O)Nc1ccc(Cl)cc1)c1ccccc1. The van der Waals surface area contributed by atoms with Gasteiger partial charge < -0.3 is 11.1 Å². The van der Waals surface area contributed by atoms with E-state index >= 15 is 0 Å². The minimum atomic E-state index is -0.156. The number of para-hydroxylation sites is 1. The summed E-state index contributed by atoms with van der Waals surface area (Å²) in [5.41, 5.74) is 5.43. The standard InChI is InChI=1S/C16H18ClN3O/c17-13-7-9-14(10-8-13)19-16(21)20(12-4-11-18)15-5-2-1-3-6-15/h1-3,5-10H,4,11-12,18H2,(H,19,21)/p+1. The molecule has 21 heavy (non-hydrogen) atoms. The molecule has 2 aromatic rings. The molecule has 0 saturated carbocycles. The fourth-order valence-electron chi connectivity index (χ4n) is 1.95. The minimum absolute atomic E-state index is 0.156. The second-order valence-corrected chi connectivity index (χ2v) is 5.07. The van der Waals surface area contributed by atoms with Crippen LogP contribution in [0.15, 0.2) is 54.6 Å². The van der Waals surface area contributed by atoms with Gasteiger partial charge in [0.1, 0.15) is 0 Å². The van der Waals surface area contributed by atoms with E-state index in [1.165, 1.54) is 0 Å². The van der Waals surface area contributed by atoms with Gasteiger partial charge in [-0.3, -0.25) is 4.90 Å². The molecule has 2 rings (SSSR count). The van der Waals surface area contributed by atoms with Crippen LogP contribution in [0, 0.1) is 0 Å². The van der Waals surface area contributed by atoms with Crippen molar-refractivity contribution in [1.82, 2.24) is 0 Å². The molecule has 0 saturated heterocycles. The Kier molecular flexibility index (Phi) is 5.60. The van der Waals surface area contributed by atoms with Crippen molar-refractivity contribution in [3.05, 3.63) is 59.6 Å². The molecule has 0 atom stereocenters. The van der Waals surface area contributed by atoms with Crippen LogP contribution < -0.4 is 16.0 Å². The summed E-state index contributed by atoms with van der Waals surface area (Å²) in [5.74, 6) is 0. The normalized spacial score (nSPS) is 10.2. The summed E-state index contributed by atoms with van der Waals surface area (Å²) in [6.45, 7) is 1.42. The molecule has 0 fully saturated rings. The third-order valence-corrected chi connectivity index (χ3v) is 3.29. The van der Waals surface area contributed by atoms with Crippen LogP contribution in [0.1, 0.15) is 6.42 Å². The van der Waals surface area contributed by atoms with Crippen LogP contribution in [0.4, 0.5) is 16.2 Å². The maximum atomic E-state index is 12.5. The molecule has 4 nitrogen and oxygen atoms in total. The lowest BCUT2D eigenvalue weighted by Gasteiger charge is -2.22. The largest absolute Gasteiger partial charge is 0.358 e. The predicted molar refractivity (Wildman–Crippen MR) is 86.6 cm³/mol. The van der Waals surface area contributed by atoms with Gasteiger partial charge in [0.05, 0.1) is 6.54 Å². The molecule has 0 radical (unpaired) electrons. The fraction of sp³-hybridized carbons (Fsp3) is 0.188. The van der Waals surface area contributed by atoms with Gasteiger partial charge in [0.25, 0.3) is 0 Å². The van der Waals surface area contributed by atoms with Crippen molar-refractivity contribution >= 4 is 29.0 Å². The maximum Gasteiger partial charge on any atom is 0.326 e. The molecular formula is C16H19ClN3O+. The van der Waals surface area contributed by atoms with Crippen LogP contribution >= 0.6 is 11.6 Å². The Labute approximate surface area is 129 Å². The Morgan fingerprint density at radius 3 is 2.38 bits per heavy atom. The van der Waals surface area contributed by atoms with E-state index in [0.717, 1.165) is 24.3 Å². The van der Waals surface area contributed by atoms with Crippen LogP contribution in [0.2, 0.25) is 5.02 Å². The maximum absolute atomic E-state index is 12.5. The van der Waals surface area contributed by atoms with Gasteiger partial charge in [-0.15, -0.1) is 0 Å². The van der Waals surface area contributed by atoms with E-state index in [2.05, 4.69) is 11.1 Å². The summed E-state index contributed by atoms with van der Waals surface area (Å²) in [6, 6.07) is 16.5. The number of hydrogen-bond acceptors (Lipinski definition) is 1. The third-order valence-electron chi connectivity index (χ3n) is 3.04. The Balaban J connectivity index is 2.12. The molecule has 2 aromatic carbocycles. The van der Waals surface area contributed by atoms with E-state index in [1.54, 1.807) is 29.2 Å². The lowest BCUT2D eigenvalue weighted by Crippen LogP contribution is -2.51. The lowest BCUT2D eigenvalue weighted by molar-refractivity contribution is -0.367. The van der Waals surface area contributed by atoms with Crippen LogP contribution in [-0.4, -0.2) is 19.1 Å². The highest BCUT2D eigenvalue weighted by Crippen LogP contribution is 2.17. The summed E-state index contributed by atoms with van der Waals surface area (Å²) in [4.78, 5) is 14.2. The van der Waals surface area contributed by atoms with Gasteiger partial charge in [0.15, 0.2) is 0 Å². The van der Waals surface area contributed by atoms with Gasteiger partial charge in [0, 0.05) is 29.4 Å². The molecule has 0 unspecified atom stereocenters. The molecule has 2 amide bonds. The number of halogens is 1. The zero-order chi connectivity index (χ0) is 15.1. The average Bonchev–Trinajstić information content (AvgIpc) is 2.51. The molecule has 0 aliphatic rings. The second-order valence-electron chi connectivity index (χ2n) is 4.63. The number of anilines is 2. The van der Waals surface area contributed by atoms with Crippen molar-refractivity contribution < 1.29 is 10.5 Å². The van der Waals surface area contributed by atoms with Crippen molar-refractivity contribution in [3.8, 4) is 0 Å². The van der Waals surface area contributed by atoms with Gasteiger partial charge in [-0.05, 0) is 36.4 Å². The molecule has 0 heterocycles. The molecule has 0 aromatic heterocycles. The highest BCUT2D eigenvalue weighted by Gasteiger charge is 2.15. The third kappa shape index (κ3) is 4.48. The van der Waals surface area contributed by atoms with Crippen LogP contribution in [0.5, 0.6) is 0 Å². The van der Waals surface area contributed by atoms with Crippen LogP contribution in [0.25, 0.3) is 0 Å². The van der Waals surface area contributed by atoms with E-state index < -0.39 is 0 Å². The molecule has 110 valence electrons. The Morgan fingerprint density at radius 1 is 1.10 bits per heavy atom. The van der Waals surface area contributed by atoms with Crippen molar-refractivity contribution in [2.75, 3.05) is 23.3 Å². The number of quaternary nitrogens is 1. The summed E-state index contributed by atoms with van der Waals surface area (Å²) in [6.07, 6.45) is 0.850. The average molecular weight is 305 g/mol. The Bertz CT molecular complexity index is 572. The topological polar surface area (TPSA) is 60.0 Å². The van der Waals surface area contributed by atoms with E-state index in [0.29, 0.717) is 11.6 Å². The summed E-state index contributed by atoms with van der Waals surface area (Å²) < 4.78 is 0. The monoisotopic (exact) mass is 304 g/mol. The zero-order valence-corrected chi connectivity index (χ0v) is 12.5. The van der Waals surface area contributed by atoms with Gasteiger partial charge >= 0.3 is 6.03 Å². The van der Waals surface area contributed by atoms with Crippen molar-refractivity contribution in [3.63, 3.8) is 0 Å². The number of hydrogen-bond donors (Lipinski definition) is 2. The Hall–Kier alpha value is -2.04. The number of benzene rings is 2. The van der Waals surface area contributed by atoms with E-state index in [4.69, 9.17) is 11.6 Å². The van der Waals surface area contributed by atoms with E-state index in [9.17, 15) is 4.79 Å². The number of nitrogens with zero attached hydrogens (tertiary/aromatic N) is 1. The first-order valence-corrected chi connectivity index (χ1v) is 7.27. The summed E-state index contributed by atoms with van der Waals surface area (Å²) in [7, 11) is 0. The van der Waals surface area contributed by atoms with Gasteiger partial charge in [-0.1, -0.05) is 29.8 Å². The number of amides is 2. The lowest BCUT2D eigenvalue weighted by atomic mass is 10.2. The summed E-state index contributed by atoms with van der Waals surface area (Å²) >= 11 is 5.85. The smallest absolute Gasteiger partial charge is 0.326 e. The quantitative estimate of drug-likeness (QED) is 0.876. The van der Waals surface area contributed by atoms with Crippen molar-refractivity contribution in [2.45, 2.75) is 6.42 Å². The van der Waals surface area contributed by atoms with Gasteiger partial charge in [-0.25, -0.2) is 4.79 Å². The Morgan fingerprint density at radius 2 is 1.76 bits per heavy atom. The van der Waals surface area contributed by atoms with Crippen LogP contribution in [-0.2, 0) is 0 Å². The first kappa shape index (κ1) is 15.4. The minimum Gasteiger partial charge on any atom is -0.358 e. The predicted octanol–water partition coefficient (Wildman–Crippen LogP) is 3.01. The molecule has 0 spiro atoms. The number of urea groups is 1. The summed E-state index contributed by atoms with van der Waals surface area (Å²) in [5, 5.41) is 3.53. The molecule has 0 aliphatic heterocycles. The first-order chi connectivity index (χ1) is 10.2. The fourth-order valence-corrected chi connectivity index (χ4v) is 2.08. The van der Waals surface area contributed by atoms with E-state index in [-0.39, 0.29) is 6.03 Å². The zero-order valence-electron chi connectivity index (χ0n) is 11.8. The number of carbonyl (C=O) groups excluding carboxylic acids is 1. The highest BCUT2D eigenvalue weighted by molar-refractivity contribution is 6.30. The number of rotatable bonds is 5. The highest BCUT2D eigenvalue weighted by atomic mass is 35.5. The number of carbonyl (C=O) groups is 1. The van der Waals surface area contributed by atoms with Crippen molar-refractivity contribution in [2.24, 2.45) is 0 Å². The second kappa shape index (κ2) is 7.67. The number of nitrogens with one attached hydrogen (secondary N) is 1. The van der Waals surface area contributed by atoms with Gasteiger partial charge in [-0.2, -0.15) is 0 Å². The van der Waals surface area contributed by atoms with Crippen LogP contribution in [0.3, 0.4) is 0 Å². The molecule has 4 N–H and O–H groups in total. The van der Waals surface area contributed by atoms with Gasteiger partial charge in [0.2, 0.25) is 0 Å². The molecule has 0 bridgehead atoms. The molecule has 5 heteroatoms. The van der Waals surface area contributed by atoms with Crippen molar-refractivity contribution in [1.29, 1.82) is 0 Å². The molecular weight excluding hydrogens is 286 g/mol. The molecule has 0 aliphatic carbocycles. The first-order valence-electron chi connectivity index (χ1n) is 6.89. The van der Waals surface area contributed by atoms with E-state index in [1.807, 2.05) is 30.3 Å².